The summed E-state index contributed by atoms with van der Waals surface area (Å²) >= 11 is 5.90. The molecule has 0 aliphatic carbocycles. The Bertz CT molecular complexity index is 1030. The van der Waals surface area contributed by atoms with E-state index in [-0.39, 0.29) is 16.5 Å². The van der Waals surface area contributed by atoms with E-state index in [2.05, 4.69) is 5.32 Å². The van der Waals surface area contributed by atoms with Crippen molar-refractivity contribution in [3.8, 4) is 5.75 Å². The zero-order valence-corrected chi connectivity index (χ0v) is 15.9. The van der Waals surface area contributed by atoms with Gasteiger partial charge >= 0.3 is 6.18 Å². The lowest BCUT2D eigenvalue weighted by atomic mass is 10.1. The Morgan fingerprint density at radius 2 is 1.93 bits per heavy atom. The van der Waals surface area contributed by atoms with Crippen LogP contribution in [0, 0.1) is 0 Å². The summed E-state index contributed by atoms with van der Waals surface area (Å²) in [5.74, 6) is -0.837. The summed E-state index contributed by atoms with van der Waals surface area (Å²) in [7, 11) is -3.79. The van der Waals surface area contributed by atoms with Crippen molar-refractivity contribution in [1.29, 1.82) is 0 Å². The van der Waals surface area contributed by atoms with Crippen LogP contribution in [0.1, 0.15) is 5.56 Å². The number of fused-ring (bicyclic) bond motifs is 1. The molecule has 1 amide bonds. The molecule has 3 rings (SSSR count). The highest BCUT2D eigenvalue weighted by molar-refractivity contribution is 7.92. The van der Waals surface area contributed by atoms with Gasteiger partial charge in [-0.3, -0.25) is 9.10 Å². The molecule has 0 saturated heterocycles. The van der Waals surface area contributed by atoms with E-state index >= 15 is 0 Å². The van der Waals surface area contributed by atoms with E-state index in [0.717, 1.165) is 22.7 Å². The molecule has 0 bridgehead atoms. The summed E-state index contributed by atoms with van der Waals surface area (Å²) < 4.78 is 70.0. The molecule has 0 radical (unpaired) electrons. The number of ether oxygens (including phenoxy) is 1. The predicted molar refractivity (Wildman–Crippen MR) is 98.1 cm³/mol. The lowest BCUT2D eigenvalue weighted by molar-refractivity contribution is -0.137. The smallest absolute Gasteiger partial charge is 0.418 e. The minimum atomic E-state index is -4.67. The average molecular weight is 435 g/mol. The molecule has 28 heavy (non-hydrogen) atoms. The minimum Gasteiger partial charge on any atom is -0.476 e. The first-order valence-electron chi connectivity index (χ1n) is 7.88. The Morgan fingerprint density at radius 3 is 2.57 bits per heavy atom. The molecule has 1 heterocycles. The number of benzene rings is 2. The number of rotatable bonds is 3. The normalized spacial score (nSPS) is 16.9. The number of alkyl halides is 3. The lowest BCUT2D eigenvalue weighted by Crippen LogP contribution is -2.48. The van der Waals surface area contributed by atoms with Crippen molar-refractivity contribution >= 4 is 38.9 Å². The first-order chi connectivity index (χ1) is 13.0. The number of anilines is 2. The van der Waals surface area contributed by atoms with Gasteiger partial charge in [0.2, 0.25) is 10.0 Å². The molecule has 1 unspecified atom stereocenters. The molecule has 0 aromatic heterocycles. The number of nitrogens with zero attached hydrogens (tertiary/aromatic N) is 1. The molecule has 0 spiro atoms. The van der Waals surface area contributed by atoms with Gasteiger partial charge < -0.3 is 10.1 Å². The fourth-order valence-corrected chi connectivity index (χ4v) is 3.80. The maximum Gasteiger partial charge on any atom is 0.418 e. The summed E-state index contributed by atoms with van der Waals surface area (Å²) in [5, 5.41) is 2.43. The average Bonchev–Trinajstić information content (AvgIpc) is 2.59. The van der Waals surface area contributed by atoms with E-state index in [1.165, 1.54) is 30.3 Å². The molecule has 1 atom stereocenters. The molecule has 2 aromatic carbocycles. The fraction of sp³-hybridized carbons (Fsp3) is 0.235. The number of para-hydroxylation sites is 1. The van der Waals surface area contributed by atoms with Crippen molar-refractivity contribution in [3.63, 3.8) is 0 Å². The van der Waals surface area contributed by atoms with Gasteiger partial charge in [0.1, 0.15) is 5.75 Å². The first kappa shape index (κ1) is 20.3. The largest absolute Gasteiger partial charge is 0.476 e. The van der Waals surface area contributed by atoms with Crippen molar-refractivity contribution < 1.29 is 31.1 Å². The third kappa shape index (κ3) is 4.17. The van der Waals surface area contributed by atoms with Crippen molar-refractivity contribution in [2.75, 3.05) is 22.4 Å². The van der Waals surface area contributed by atoms with E-state index in [1.807, 2.05) is 0 Å². The van der Waals surface area contributed by atoms with Gasteiger partial charge in [0.05, 0.1) is 29.7 Å². The lowest BCUT2D eigenvalue weighted by Gasteiger charge is -2.34. The number of carbonyl (C=O) groups excluding carboxylic acids is 1. The maximum atomic E-state index is 13.1. The van der Waals surface area contributed by atoms with Gasteiger partial charge in [0, 0.05) is 5.02 Å². The van der Waals surface area contributed by atoms with Crippen LogP contribution in [0.3, 0.4) is 0 Å². The number of halogens is 4. The Balaban J connectivity index is 1.91. The van der Waals surface area contributed by atoms with Gasteiger partial charge in [0.25, 0.3) is 5.91 Å². The van der Waals surface area contributed by atoms with Gasteiger partial charge in [-0.05, 0) is 30.3 Å². The molecule has 1 aliphatic heterocycles. The van der Waals surface area contributed by atoms with Crippen molar-refractivity contribution in [3.05, 3.63) is 53.1 Å². The summed E-state index contributed by atoms with van der Waals surface area (Å²) in [6.45, 7) is -0.411. The molecule has 150 valence electrons. The van der Waals surface area contributed by atoms with E-state index in [4.69, 9.17) is 16.3 Å². The highest BCUT2D eigenvalue weighted by Gasteiger charge is 2.37. The van der Waals surface area contributed by atoms with Crippen LogP contribution in [-0.4, -0.2) is 33.2 Å². The van der Waals surface area contributed by atoms with E-state index in [1.54, 1.807) is 0 Å². The fourth-order valence-electron chi connectivity index (χ4n) is 2.73. The Labute approximate surface area is 163 Å². The highest BCUT2D eigenvalue weighted by atomic mass is 35.5. The number of hydrogen-bond donors (Lipinski definition) is 1. The van der Waals surface area contributed by atoms with Crippen LogP contribution in [0.4, 0.5) is 24.5 Å². The number of amides is 1. The topological polar surface area (TPSA) is 75.7 Å². The van der Waals surface area contributed by atoms with Crippen molar-refractivity contribution in [2.45, 2.75) is 12.3 Å². The quantitative estimate of drug-likeness (QED) is 0.802. The van der Waals surface area contributed by atoms with Crippen LogP contribution in [0.2, 0.25) is 5.02 Å². The maximum absolute atomic E-state index is 13.1. The molecule has 2 aromatic rings. The van der Waals surface area contributed by atoms with Crippen LogP contribution < -0.4 is 14.4 Å². The standard InChI is InChI=1S/C17H14ClF3N2O4S/c1-28(25,26)23-9-15(27-14-7-6-10(18)8-13(14)23)16(24)22-12-5-3-2-4-11(12)17(19,20)21/h2-8,15H,9H2,1H3,(H,22,24). The Kier molecular flexibility index (Phi) is 5.20. The number of nitrogens with one attached hydrogen (secondary N) is 1. The second kappa shape index (κ2) is 7.17. The van der Waals surface area contributed by atoms with Crippen LogP contribution in [0.5, 0.6) is 5.75 Å². The van der Waals surface area contributed by atoms with Crippen molar-refractivity contribution in [1.82, 2.24) is 0 Å². The first-order valence-corrected chi connectivity index (χ1v) is 10.1. The minimum absolute atomic E-state index is 0.0744. The zero-order chi connectivity index (χ0) is 20.7. The third-order valence-corrected chi connectivity index (χ3v) is 5.36. The molecule has 1 N–H and O–H groups in total. The molecule has 0 saturated carbocycles. The van der Waals surface area contributed by atoms with Gasteiger partial charge in [-0.2, -0.15) is 13.2 Å². The summed E-state index contributed by atoms with van der Waals surface area (Å²) in [6.07, 6.45) is -5.08. The van der Waals surface area contributed by atoms with E-state index in [0.29, 0.717) is 0 Å². The van der Waals surface area contributed by atoms with Crippen LogP contribution >= 0.6 is 11.6 Å². The van der Waals surface area contributed by atoms with Crippen LogP contribution in [0.15, 0.2) is 42.5 Å². The Morgan fingerprint density at radius 1 is 1.25 bits per heavy atom. The second-order valence-electron chi connectivity index (χ2n) is 6.05. The number of sulfonamides is 1. The van der Waals surface area contributed by atoms with Crippen molar-refractivity contribution in [2.24, 2.45) is 0 Å². The monoisotopic (exact) mass is 434 g/mol. The molecule has 6 nitrogen and oxygen atoms in total. The molecular formula is C17H14ClF3N2O4S. The Hall–Kier alpha value is -2.46. The van der Waals surface area contributed by atoms with Gasteiger partial charge in [-0.25, -0.2) is 8.42 Å². The highest BCUT2D eigenvalue weighted by Crippen LogP contribution is 2.38. The van der Waals surface area contributed by atoms with Gasteiger partial charge in [0.15, 0.2) is 6.10 Å². The van der Waals surface area contributed by atoms with Crippen LogP contribution in [0.25, 0.3) is 0 Å². The number of carbonyl (C=O) groups is 1. The predicted octanol–water partition coefficient (Wildman–Crippen LogP) is 3.52. The third-order valence-electron chi connectivity index (χ3n) is 3.97. The second-order valence-corrected chi connectivity index (χ2v) is 8.39. The zero-order valence-electron chi connectivity index (χ0n) is 14.3. The summed E-state index contributed by atoms with van der Waals surface area (Å²) in [4.78, 5) is 12.5. The van der Waals surface area contributed by atoms with Gasteiger partial charge in [-0.1, -0.05) is 23.7 Å². The van der Waals surface area contributed by atoms with Gasteiger partial charge in [-0.15, -0.1) is 0 Å². The molecule has 1 aliphatic rings. The SMILES string of the molecule is CS(=O)(=O)N1CC(C(=O)Nc2ccccc2C(F)(F)F)Oc2ccc(Cl)cc21. The molecular weight excluding hydrogens is 421 g/mol. The van der Waals surface area contributed by atoms with E-state index < -0.39 is 46.0 Å². The van der Waals surface area contributed by atoms with Crippen LogP contribution in [-0.2, 0) is 21.0 Å². The molecule has 11 heteroatoms. The number of hydrogen-bond acceptors (Lipinski definition) is 4. The van der Waals surface area contributed by atoms with E-state index in [9.17, 15) is 26.4 Å². The summed E-state index contributed by atoms with van der Waals surface area (Å²) in [5.41, 5.74) is -1.32. The molecule has 0 fully saturated rings. The summed E-state index contributed by atoms with van der Waals surface area (Å²) in [6, 6.07) is 8.67.